The predicted octanol–water partition coefficient (Wildman–Crippen LogP) is 4.19. The highest BCUT2D eigenvalue weighted by atomic mass is 79.9. The molecule has 0 spiro atoms. The quantitative estimate of drug-likeness (QED) is 0.924. The molecule has 0 aliphatic carbocycles. The van der Waals surface area contributed by atoms with Crippen LogP contribution in [0.25, 0.3) is 11.3 Å². The van der Waals surface area contributed by atoms with Crippen molar-refractivity contribution in [2.75, 3.05) is 5.73 Å². The molecule has 3 nitrogen and oxygen atoms in total. The molecule has 1 heterocycles. The third-order valence-corrected chi connectivity index (χ3v) is 3.73. The Balaban J connectivity index is 2.47. The van der Waals surface area contributed by atoms with Gasteiger partial charge in [-0.3, -0.25) is 0 Å². The summed E-state index contributed by atoms with van der Waals surface area (Å²) in [5.41, 5.74) is 9.93. The topological polar surface area (TPSA) is 52.0 Å². The molecule has 1 aromatic heterocycles. The van der Waals surface area contributed by atoms with Crippen LogP contribution >= 0.6 is 15.9 Å². The molecular formula is C14H17BrN2O. The molecule has 0 aliphatic heterocycles. The lowest BCUT2D eigenvalue weighted by Gasteiger charge is -2.06. The van der Waals surface area contributed by atoms with Crippen LogP contribution in [0.5, 0.6) is 0 Å². The molecule has 0 radical (unpaired) electrons. The number of rotatable bonds is 3. The van der Waals surface area contributed by atoms with E-state index < -0.39 is 0 Å². The van der Waals surface area contributed by atoms with Gasteiger partial charge in [0.1, 0.15) is 5.69 Å². The van der Waals surface area contributed by atoms with Gasteiger partial charge in [-0.05, 0) is 30.9 Å². The zero-order valence-electron chi connectivity index (χ0n) is 10.8. The van der Waals surface area contributed by atoms with E-state index in [0.717, 1.165) is 27.7 Å². The van der Waals surface area contributed by atoms with E-state index in [4.69, 9.17) is 10.3 Å². The summed E-state index contributed by atoms with van der Waals surface area (Å²) in [4.78, 5) is 0. The van der Waals surface area contributed by atoms with Crippen LogP contribution in [0.2, 0.25) is 0 Å². The summed E-state index contributed by atoms with van der Waals surface area (Å²) in [6, 6.07) is 6.15. The molecular weight excluding hydrogens is 292 g/mol. The lowest BCUT2D eigenvalue weighted by Crippen LogP contribution is -1.98. The summed E-state index contributed by atoms with van der Waals surface area (Å²) in [6.45, 7) is 6.36. The normalized spacial score (nSPS) is 11.2. The average molecular weight is 309 g/mol. The fraction of sp³-hybridized carbons (Fsp3) is 0.357. The summed E-state index contributed by atoms with van der Waals surface area (Å²) in [7, 11) is 0. The first-order valence-electron chi connectivity index (χ1n) is 5.99. The number of halogens is 1. The Morgan fingerprint density at radius 1 is 1.39 bits per heavy atom. The Labute approximate surface area is 115 Å². The van der Waals surface area contributed by atoms with Crippen LogP contribution in [-0.4, -0.2) is 5.16 Å². The minimum absolute atomic E-state index is 0.426. The first-order chi connectivity index (χ1) is 8.49. The molecule has 0 atom stereocenters. The highest BCUT2D eigenvalue weighted by molar-refractivity contribution is 9.10. The van der Waals surface area contributed by atoms with Gasteiger partial charge in [-0.2, -0.15) is 0 Å². The molecule has 0 aliphatic rings. The number of hydrogen-bond acceptors (Lipinski definition) is 3. The minimum Gasteiger partial charge on any atom is -0.367 e. The molecule has 18 heavy (non-hydrogen) atoms. The van der Waals surface area contributed by atoms with E-state index >= 15 is 0 Å². The maximum Gasteiger partial charge on any atom is 0.225 e. The van der Waals surface area contributed by atoms with Crippen molar-refractivity contribution in [3.8, 4) is 11.3 Å². The Morgan fingerprint density at radius 2 is 2.11 bits per heavy atom. The summed E-state index contributed by atoms with van der Waals surface area (Å²) in [5.74, 6) is 0.940. The van der Waals surface area contributed by atoms with E-state index in [-0.39, 0.29) is 0 Å². The van der Waals surface area contributed by atoms with Crippen LogP contribution in [0.3, 0.4) is 0 Å². The van der Waals surface area contributed by atoms with Gasteiger partial charge in [0.25, 0.3) is 0 Å². The highest BCUT2D eigenvalue weighted by Gasteiger charge is 2.16. The van der Waals surface area contributed by atoms with Crippen molar-refractivity contribution in [3.05, 3.63) is 33.8 Å². The molecule has 0 unspecified atom stereocenters. The van der Waals surface area contributed by atoms with E-state index in [2.05, 4.69) is 54.0 Å². The van der Waals surface area contributed by atoms with E-state index in [1.165, 1.54) is 5.56 Å². The number of aromatic nitrogens is 1. The molecule has 0 fully saturated rings. The fourth-order valence-electron chi connectivity index (χ4n) is 1.89. The smallest absolute Gasteiger partial charge is 0.225 e. The van der Waals surface area contributed by atoms with Gasteiger partial charge in [0.2, 0.25) is 5.88 Å². The molecule has 1 aromatic carbocycles. The Kier molecular flexibility index (Phi) is 3.76. The Morgan fingerprint density at radius 3 is 2.72 bits per heavy atom. The number of benzene rings is 1. The summed E-state index contributed by atoms with van der Waals surface area (Å²) in [5, 5.41) is 4.09. The van der Waals surface area contributed by atoms with Crippen LogP contribution in [0, 0.1) is 12.8 Å². The zero-order chi connectivity index (χ0) is 13.3. The van der Waals surface area contributed by atoms with Crippen molar-refractivity contribution in [2.24, 2.45) is 5.92 Å². The second-order valence-electron chi connectivity index (χ2n) is 4.94. The number of aryl methyl sites for hydroxylation is 1. The number of anilines is 1. The van der Waals surface area contributed by atoms with Crippen LogP contribution in [0.4, 0.5) is 5.88 Å². The summed E-state index contributed by atoms with van der Waals surface area (Å²) >= 11 is 3.54. The monoisotopic (exact) mass is 308 g/mol. The summed E-state index contributed by atoms with van der Waals surface area (Å²) < 4.78 is 6.20. The minimum atomic E-state index is 0.426. The van der Waals surface area contributed by atoms with Crippen molar-refractivity contribution in [2.45, 2.75) is 27.2 Å². The third kappa shape index (κ3) is 2.58. The Hall–Kier alpha value is -1.29. The van der Waals surface area contributed by atoms with Crippen LogP contribution in [-0.2, 0) is 6.42 Å². The van der Waals surface area contributed by atoms with Crippen LogP contribution < -0.4 is 5.73 Å². The lowest BCUT2D eigenvalue weighted by atomic mass is 9.99. The molecule has 0 amide bonds. The van der Waals surface area contributed by atoms with Gasteiger partial charge in [0.05, 0.1) is 0 Å². The zero-order valence-corrected chi connectivity index (χ0v) is 12.4. The molecule has 0 bridgehead atoms. The summed E-state index contributed by atoms with van der Waals surface area (Å²) in [6.07, 6.45) is 0.871. The van der Waals surface area contributed by atoms with Gasteiger partial charge in [0.15, 0.2) is 0 Å². The first kappa shape index (κ1) is 13.1. The van der Waals surface area contributed by atoms with E-state index in [1.807, 2.05) is 6.07 Å². The van der Waals surface area contributed by atoms with E-state index in [9.17, 15) is 0 Å². The van der Waals surface area contributed by atoms with E-state index in [0.29, 0.717) is 11.8 Å². The fourth-order valence-corrected chi connectivity index (χ4v) is 2.27. The van der Waals surface area contributed by atoms with Gasteiger partial charge in [-0.15, -0.1) is 0 Å². The number of nitrogens with two attached hydrogens (primary N) is 1. The molecule has 2 N–H and O–H groups in total. The molecule has 4 heteroatoms. The number of nitrogens with zero attached hydrogens (tertiary/aromatic N) is 1. The molecule has 2 aromatic rings. The van der Waals surface area contributed by atoms with E-state index in [1.54, 1.807) is 0 Å². The second-order valence-corrected chi connectivity index (χ2v) is 5.79. The van der Waals surface area contributed by atoms with Gasteiger partial charge < -0.3 is 10.3 Å². The average Bonchev–Trinajstić information content (AvgIpc) is 2.64. The van der Waals surface area contributed by atoms with Gasteiger partial charge in [-0.1, -0.05) is 47.1 Å². The van der Waals surface area contributed by atoms with Gasteiger partial charge in [-0.25, -0.2) is 0 Å². The maximum absolute atomic E-state index is 5.85. The Bertz CT molecular complexity index is 561. The largest absolute Gasteiger partial charge is 0.367 e. The van der Waals surface area contributed by atoms with Crippen LogP contribution in [0.15, 0.2) is 27.2 Å². The number of hydrogen-bond donors (Lipinski definition) is 1. The SMILES string of the molecule is Cc1ccc(-c2noc(N)c2CC(C)C)cc1Br. The third-order valence-electron chi connectivity index (χ3n) is 2.88. The molecule has 2 rings (SSSR count). The second kappa shape index (κ2) is 5.14. The number of nitrogen functional groups attached to an aromatic ring is 1. The van der Waals surface area contributed by atoms with Crippen molar-refractivity contribution in [3.63, 3.8) is 0 Å². The highest BCUT2D eigenvalue weighted by Crippen LogP contribution is 2.31. The first-order valence-corrected chi connectivity index (χ1v) is 6.79. The van der Waals surface area contributed by atoms with Crippen molar-refractivity contribution in [1.82, 2.24) is 5.16 Å². The van der Waals surface area contributed by atoms with Crippen LogP contribution in [0.1, 0.15) is 25.0 Å². The maximum atomic E-state index is 5.85. The van der Waals surface area contributed by atoms with Gasteiger partial charge >= 0.3 is 0 Å². The van der Waals surface area contributed by atoms with Crippen molar-refractivity contribution < 1.29 is 4.52 Å². The molecule has 96 valence electrons. The molecule has 0 saturated heterocycles. The van der Waals surface area contributed by atoms with Gasteiger partial charge in [0, 0.05) is 15.6 Å². The lowest BCUT2D eigenvalue weighted by molar-refractivity contribution is 0.438. The standard InChI is InChI=1S/C14H17BrN2O/c1-8(2)6-11-13(17-18-14(11)16)10-5-4-9(3)12(15)7-10/h4-5,7-8H,6,16H2,1-3H3. The van der Waals surface area contributed by atoms with Crippen molar-refractivity contribution >= 4 is 21.8 Å². The van der Waals surface area contributed by atoms with Crippen molar-refractivity contribution in [1.29, 1.82) is 0 Å². The predicted molar refractivity (Wildman–Crippen MR) is 77.3 cm³/mol. The molecule has 0 saturated carbocycles.